The molecule has 3 N–H and O–H groups in total. The second-order valence-corrected chi connectivity index (χ2v) is 6.74. The number of nitrogens with one attached hydrogen (secondary N) is 3. The maximum absolute atomic E-state index is 12.3. The Bertz CT molecular complexity index is 857. The van der Waals surface area contributed by atoms with E-state index in [4.69, 9.17) is 14.2 Å². The van der Waals surface area contributed by atoms with Crippen molar-refractivity contribution in [2.24, 2.45) is 4.99 Å². The topological polar surface area (TPSA) is 93.2 Å². The molecule has 0 bridgehead atoms. The van der Waals surface area contributed by atoms with Gasteiger partial charge in [0, 0.05) is 31.3 Å². The second kappa shape index (κ2) is 13.0. The zero-order valence-corrected chi connectivity index (χ0v) is 18.6. The molecule has 1 atom stereocenters. The van der Waals surface area contributed by atoms with Crippen LogP contribution in [0.5, 0.6) is 17.2 Å². The fourth-order valence-electron chi connectivity index (χ4n) is 2.73. The molecule has 0 saturated heterocycles. The summed E-state index contributed by atoms with van der Waals surface area (Å²) in [6.45, 7) is 6.15. The van der Waals surface area contributed by atoms with Gasteiger partial charge in [-0.3, -0.25) is 4.79 Å². The van der Waals surface area contributed by atoms with Gasteiger partial charge in [0.05, 0.1) is 20.8 Å². The predicted octanol–water partition coefficient (Wildman–Crippen LogP) is 2.46. The lowest BCUT2D eigenvalue weighted by atomic mass is 10.2. The van der Waals surface area contributed by atoms with Gasteiger partial charge in [-0.1, -0.05) is 12.1 Å². The van der Waals surface area contributed by atoms with E-state index < -0.39 is 0 Å². The van der Waals surface area contributed by atoms with E-state index in [1.165, 1.54) is 0 Å². The Kier molecular flexibility index (Phi) is 10.0. The van der Waals surface area contributed by atoms with Crippen LogP contribution in [-0.2, 0) is 0 Å². The van der Waals surface area contributed by atoms with E-state index >= 15 is 0 Å². The van der Waals surface area contributed by atoms with Crippen molar-refractivity contribution in [2.75, 3.05) is 40.4 Å². The van der Waals surface area contributed by atoms with Gasteiger partial charge in [-0.15, -0.1) is 0 Å². The molecule has 0 aromatic heterocycles. The van der Waals surface area contributed by atoms with Crippen LogP contribution in [-0.4, -0.2) is 58.4 Å². The molecule has 1 amide bonds. The highest BCUT2D eigenvalue weighted by Crippen LogP contribution is 2.20. The van der Waals surface area contributed by atoms with Crippen molar-refractivity contribution in [1.82, 2.24) is 16.0 Å². The summed E-state index contributed by atoms with van der Waals surface area (Å²) in [5.41, 5.74) is 0.559. The van der Waals surface area contributed by atoms with E-state index in [0.29, 0.717) is 36.9 Å². The summed E-state index contributed by atoms with van der Waals surface area (Å²) in [6, 6.07) is 14.5. The average molecular weight is 429 g/mol. The van der Waals surface area contributed by atoms with Gasteiger partial charge in [-0.2, -0.15) is 0 Å². The first-order valence-corrected chi connectivity index (χ1v) is 10.3. The van der Waals surface area contributed by atoms with Crippen molar-refractivity contribution in [2.45, 2.75) is 20.0 Å². The van der Waals surface area contributed by atoms with E-state index in [0.717, 1.165) is 18.0 Å². The molecule has 2 rings (SSSR count). The normalized spacial score (nSPS) is 11.9. The van der Waals surface area contributed by atoms with Crippen LogP contribution in [0.2, 0.25) is 0 Å². The number of carbonyl (C=O) groups excluding carboxylic acids is 1. The minimum atomic E-state index is -0.150. The number of carbonyl (C=O) groups is 1. The Morgan fingerprint density at radius 2 is 1.58 bits per heavy atom. The zero-order valence-electron chi connectivity index (χ0n) is 18.6. The van der Waals surface area contributed by atoms with Crippen molar-refractivity contribution in [3.8, 4) is 17.2 Å². The fraction of sp³-hybridized carbons (Fsp3) is 0.391. The number of methoxy groups -OCH3 is 2. The molecule has 2 aromatic carbocycles. The quantitative estimate of drug-likeness (QED) is 0.289. The summed E-state index contributed by atoms with van der Waals surface area (Å²) < 4.78 is 16.3. The molecule has 2 aromatic rings. The summed E-state index contributed by atoms with van der Waals surface area (Å²) >= 11 is 0. The van der Waals surface area contributed by atoms with Gasteiger partial charge in [0.15, 0.2) is 5.96 Å². The Morgan fingerprint density at radius 3 is 2.29 bits per heavy atom. The zero-order chi connectivity index (χ0) is 22.5. The maximum Gasteiger partial charge on any atom is 0.251 e. The van der Waals surface area contributed by atoms with Crippen LogP contribution in [0.3, 0.4) is 0 Å². The molecule has 0 aliphatic rings. The number of rotatable bonds is 11. The van der Waals surface area contributed by atoms with Crippen molar-refractivity contribution in [1.29, 1.82) is 0 Å². The Hall–Kier alpha value is -3.42. The van der Waals surface area contributed by atoms with Gasteiger partial charge in [-0.25, -0.2) is 4.99 Å². The molecule has 0 aliphatic carbocycles. The lowest BCUT2D eigenvalue weighted by Gasteiger charge is -2.16. The molecule has 8 heteroatoms. The molecular formula is C23H32N4O4. The van der Waals surface area contributed by atoms with Gasteiger partial charge in [0.25, 0.3) is 5.91 Å². The lowest BCUT2D eigenvalue weighted by molar-refractivity contribution is 0.0954. The molecule has 8 nitrogen and oxygen atoms in total. The van der Waals surface area contributed by atoms with Gasteiger partial charge in [-0.05, 0) is 44.2 Å². The Labute approximate surface area is 184 Å². The minimum absolute atomic E-state index is 0.115. The van der Waals surface area contributed by atoms with Gasteiger partial charge >= 0.3 is 0 Å². The van der Waals surface area contributed by atoms with Gasteiger partial charge in [0.2, 0.25) is 0 Å². The van der Waals surface area contributed by atoms with E-state index in [9.17, 15) is 4.79 Å². The molecule has 0 fully saturated rings. The summed E-state index contributed by atoms with van der Waals surface area (Å²) in [6.07, 6.45) is -0.115. The standard InChI is InChI=1S/C23H32N4O4/c1-5-24-23(27-16-17(2)31-21-11-7-10-20(15-21)30-4)26-13-12-25-22(28)18-8-6-9-19(14-18)29-3/h6-11,14-15,17H,5,12-13,16H2,1-4H3,(H,25,28)(H2,24,26,27). The van der Waals surface area contributed by atoms with Gasteiger partial charge in [0.1, 0.15) is 23.4 Å². The molecule has 0 aliphatic heterocycles. The molecule has 31 heavy (non-hydrogen) atoms. The lowest BCUT2D eigenvalue weighted by Crippen LogP contribution is -2.42. The number of ether oxygens (including phenoxy) is 3. The Morgan fingerprint density at radius 1 is 0.935 bits per heavy atom. The number of hydrogen-bond acceptors (Lipinski definition) is 5. The Balaban J connectivity index is 1.79. The van der Waals surface area contributed by atoms with E-state index in [2.05, 4.69) is 20.9 Å². The average Bonchev–Trinajstić information content (AvgIpc) is 2.80. The van der Waals surface area contributed by atoms with Crippen molar-refractivity contribution in [3.63, 3.8) is 0 Å². The van der Waals surface area contributed by atoms with Crippen molar-refractivity contribution >= 4 is 11.9 Å². The largest absolute Gasteiger partial charge is 0.497 e. The second-order valence-electron chi connectivity index (χ2n) is 6.74. The molecule has 168 valence electrons. The highest BCUT2D eigenvalue weighted by Gasteiger charge is 2.07. The molecule has 0 saturated carbocycles. The van der Waals surface area contributed by atoms with Crippen LogP contribution in [0.15, 0.2) is 53.5 Å². The smallest absolute Gasteiger partial charge is 0.251 e. The first-order valence-electron chi connectivity index (χ1n) is 10.3. The number of hydrogen-bond donors (Lipinski definition) is 3. The minimum Gasteiger partial charge on any atom is -0.497 e. The number of guanidine groups is 1. The summed E-state index contributed by atoms with van der Waals surface area (Å²) in [7, 11) is 3.20. The van der Waals surface area contributed by atoms with Crippen molar-refractivity contribution < 1.29 is 19.0 Å². The molecule has 0 heterocycles. The van der Waals surface area contributed by atoms with Crippen LogP contribution in [0.1, 0.15) is 24.2 Å². The molecular weight excluding hydrogens is 396 g/mol. The van der Waals surface area contributed by atoms with E-state index in [1.54, 1.807) is 38.5 Å². The fourth-order valence-corrected chi connectivity index (χ4v) is 2.73. The third-order valence-electron chi connectivity index (χ3n) is 4.26. The number of nitrogens with zero attached hydrogens (tertiary/aromatic N) is 1. The van der Waals surface area contributed by atoms with Crippen LogP contribution in [0.4, 0.5) is 0 Å². The summed E-state index contributed by atoms with van der Waals surface area (Å²) in [5.74, 6) is 2.65. The number of aliphatic imine (C=N–C) groups is 1. The summed E-state index contributed by atoms with van der Waals surface area (Å²) in [5, 5.41) is 9.28. The van der Waals surface area contributed by atoms with E-state index in [1.807, 2.05) is 38.1 Å². The van der Waals surface area contributed by atoms with Crippen LogP contribution in [0, 0.1) is 0 Å². The third kappa shape index (κ3) is 8.46. The first-order chi connectivity index (χ1) is 15.0. The molecule has 0 spiro atoms. The maximum atomic E-state index is 12.3. The third-order valence-corrected chi connectivity index (χ3v) is 4.26. The van der Waals surface area contributed by atoms with Crippen molar-refractivity contribution in [3.05, 3.63) is 54.1 Å². The number of amides is 1. The SMILES string of the molecule is CCNC(=NCC(C)Oc1cccc(OC)c1)NCCNC(=O)c1cccc(OC)c1. The predicted molar refractivity (Wildman–Crippen MR) is 122 cm³/mol. The molecule has 0 radical (unpaired) electrons. The number of benzene rings is 2. The van der Waals surface area contributed by atoms with Crippen LogP contribution >= 0.6 is 0 Å². The highest BCUT2D eigenvalue weighted by atomic mass is 16.5. The summed E-state index contributed by atoms with van der Waals surface area (Å²) in [4.78, 5) is 16.8. The van der Waals surface area contributed by atoms with E-state index in [-0.39, 0.29) is 12.0 Å². The first kappa shape index (κ1) is 23.9. The van der Waals surface area contributed by atoms with Gasteiger partial charge < -0.3 is 30.2 Å². The van der Waals surface area contributed by atoms with Crippen LogP contribution in [0.25, 0.3) is 0 Å². The monoisotopic (exact) mass is 428 g/mol. The van der Waals surface area contributed by atoms with Crippen LogP contribution < -0.4 is 30.2 Å². The highest BCUT2D eigenvalue weighted by molar-refractivity contribution is 5.94. The molecule has 1 unspecified atom stereocenters.